The molecule has 0 fully saturated rings. The van der Waals surface area contributed by atoms with Crippen molar-refractivity contribution in [3.8, 4) is 11.5 Å². The highest BCUT2D eigenvalue weighted by atomic mass is 35.5. The van der Waals surface area contributed by atoms with Gasteiger partial charge in [0.2, 0.25) is 5.91 Å². The first-order valence-corrected chi connectivity index (χ1v) is 7.09. The zero-order chi connectivity index (χ0) is 15.2. The summed E-state index contributed by atoms with van der Waals surface area (Å²) in [5.74, 6) is 1.04. The van der Waals surface area contributed by atoms with Crippen molar-refractivity contribution in [2.75, 3.05) is 26.9 Å². The van der Waals surface area contributed by atoms with Crippen LogP contribution in [0.5, 0.6) is 11.5 Å². The van der Waals surface area contributed by atoms with Gasteiger partial charge >= 0.3 is 0 Å². The average molecular weight is 351 g/mol. The zero-order valence-electron chi connectivity index (χ0n) is 12.3. The van der Waals surface area contributed by atoms with Crippen LogP contribution in [0.4, 0.5) is 0 Å². The van der Waals surface area contributed by atoms with Crippen molar-refractivity contribution in [3.63, 3.8) is 0 Å². The maximum atomic E-state index is 11.8. The van der Waals surface area contributed by atoms with Gasteiger partial charge < -0.3 is 25.3 Å². The van der Waals surface area contributed by atoms with Gasteiger partial charge in [-0.05, 0) is 17.7 Å². The molecule has 1 aromatic carbocycles. The molecule has 1 aliphatic rings. The molecular weight excluding hydrogens is 331 g/mol. The van der Waals surface area contributed by atoms with Crippen LogP contribution in [0.25, 0.3) is 0 Å². The Bertz CT molecular complexity index is 510. The standard InChI is InChI=1S/C14H19ClN2O4.ClH/c1-19-10(7-16)6-13(18)17-8-9-4-11(15)14-12(5-9)20-2-3-21-14;/h4-5,10H,2-3,6-8,16H2,1H3,(H,17,18);1H. The van der Waals surface area contributed by atoms with Gasteiger partial charge in [-0.15, -0.1) is 12.4 Å². The molecule has 0 radical (unpaired) electrons. The van der Waals surface area contributed by atoms with E-state index in [1.165, 1.54) is 7.11 Å². The summed E-state index contributed by atoms with van der Waals surface area (Å²) in [4.78, 5) is 11.8. The van der Waals surface area contributed by atoms with E-state index in [0.29, 0.717) is 42.8 Å². The minimum Gasteiger partial charge on any atom is -0.486 e. The molecular formula is C14H20Cl2N2O4. The molecule has 2 rings (SSSR count). The number of carbonyl (C=O) groups excluding carboxylic acids is 1. The van der Waals surface area contributed by atoms with E-state index in [4.69, 9.17) is 31.5 Å². The van der Waals surface area contributed by atoms with E-state index in [1.54, 1.807) is 6.07 Å². The molecule has 8 heteroatoms. The van der Waals surface area contributed by atoms with Gasteiger partial charge in [-0.1, -0.05) is 11.6 Å². The molecule has 1 aliphatic heterocycles. The molecule has 6 nitrogen and oxygen atoms in total. The quantitative estimate of drug-likeness (QED) is 0.812. The van der Waals surface area contributed by atoms with Crippen molar-refractivity contribution >= 4 is 29.9 Å². The second kappa shape index (κ2) is 9.05. The van der Waals surface area contributed by atoms with Gasteiger partial charge in [-0.2, -0.15) is 0 Å². The van der Waals surface area contributed by atoms with Crippen molar-refractivity contribution in [2.24, 2.45) is 5.73 Å². The fourth-order valence-corrected chi connectivity index (χ4v) is 2.30. The highest BCUT2D eigenvalue weighted by Crippen LogP contribution is 2.38. The maximum Gasteiger partial charge on any atom is 0.222 e. The summed E-state index contributed by atoms with van der Waals surface area (Å²) < 4.78 is 16.0. The molecule has 0 aliphatic carbocycles. The van der Waals surface area contributed by atoms with Crippen molar-refractivity contribution < 1.29 is 19.0 Å². The van der Waals surface area contributed by atoms with Crippen LogP contribution in [0.3, 0.4) is 0 Å². The first kappa shape index (κ1) is 18.8. The fraction of sp³-hybridized carbons (Fsp3) is 0.500. The van der Waals surface area contributed by atoms with Gasteiger partial charge in [-0.3, -0.25) is 4.79 Å². The number of hydrogen-bond acceptors (Lipinski definition) is 5. The molecule has 1 unspecified atom stereocenters. The number of carbonyl (C=O) groups is 1. The van der Waals surface area contributed by atoms with E-state index in [0.717, 1.165) is 5.56 Å². The van der Waals surface area contributed by atoms with Crippen LogP contribution in [0, 0.1) is 0 Å². The van der Waals surface area contributed by atoms with Gasteiger partial charge in [-0.25, -0.2) is 0 Å². The van der Waals surface area contributed by atoms with Crippen molar-refractivity contribution in [1.82, 2.24) is 5.32 Å². The van der Waals surface area contributed by atoms with Crippen LogP contribution in [-0.2, 0) is 16.1 Å². The molecule has 124 valence electrons. The van der Waals surface area contributed by atoms with Crippen LogP contribution in [0.1, 0.15) is 12.0 Å². The summed E-state index contributed by atoms with van der Waals surface area (Å²) >= 11 is 6.14. The van der Waals surface area contributed by atoms with Gasteiger partial charge in [0.15, 0.2) is 11.5 Å². The smallest absolute Gasteiger partial charge is 0.222 e. The summed E-state index contributed by atoms with van der Waals surface area (Å²) in [6, 6.07) is 3.57. The molecule has 22 heavy (non-hydrogen) atoms. The van der Waals surface area contributed by atoms with Crippen LogP contribution < -0.4 is 20.5 Å². The number of ether oxygens (including phenoxy) is 3. The molecule has 1 aromatic rings. The van der Waals surface area contributed by atoms with Crippen LogP contribution in [0.15, 0.2) is 12.1 Å². The first-order valence-electron chi connectivity index (χ1n) is 6.71. The summed E-state index contributed by atoms with van der Waals surface area (Å²) in [7, 11) is 1.53. The SMILES string of the molecule is COC(CN)CC(=O)NCc1cc(Cl)c2c(c1)OCCO2.Cl. The molecule has 1 amide bonds. The van der Waals surface area contributed by atoms with Crippen molar-refractivity contribution in [2.45, 2.75) is 19.1 Å². The number of amides is 1. The minimum atomic E-state index is -0.270. The van der Waals surface area contributed by atoms with Gasteiger partial charge in [0.25, 0.3) is 0 Å². The Morgan fingerprint density at radius 3 is 2.86 bits per heavy atom. The maximum absolute atomic E-state index is 11.8. The lowest BCUT2D eigenvalue weighted by molar-refractivity contribution is -0.123. The molecule has 0 spiro atoms. The lowest BCUT2D eigenvalue weighted by atomic mass is 10.1. The van der Waals surface area contributed by atoms with Crippen LogP contribution in [-0.4, -0.2) is 38.9 Å². The summed E-state index contributed by atoms with van der Waals surface area (Å²) in [6.45, 7) is 1.64. The first-order chi connectivity index (χ1) is 10.1. The fourth-order valence-electron chi connectivity index (χ4n) is 2.01. The predicted molar refractivity (Wildman–Crippen MR) is 86.0 cm³/mol. The molecule has 0 aromatic heterocycles. The van der Waals surface area contributed by atoms with E-state index >= 15 is 0 Å². The molecule has 0 bridgehead atoms. The Morgan fingerprint density at radius 1 is 1.45 bits per heavy atom. The van der Waals surface area contributed by atoms with E-state index in [2.05, 4.69) is 5.32 Å². The Labute approximate surface area is 140 Å². The summed E-state index contributed by atoms with van der Waals surface area (Å²) in [6.07, 6.45) is -0.0421. The third-order valence-corrected chi connectivity index (χ3v) is 3.44. The normalized spacial score (nSPS) is 14.0. The lowest BCUT2D eigenvalue weighted by Gasteiger charge is -2.20. The minimum absolute atomic E-state index is 0. The Hall–Kier alpha value is -1.21. The van der Waals surface area contributed by atoms with E-state index in [1.807, 2.05) is 6.07 Å². The van der Waals surface area contributed by atoms with E-state index in [-0.39, 0.29) is 30.8 Å². The number of hydrogen-bond donors (Lipinski definition) is 2. The summed E-state index contributed by atoms with van der Waals surface area (Å²) in [5, 5.41) is 3.28. The van der Waals surface area contributed by atoms with Crippen LogP contribution in [0.2, 0.25) is 5.02 Å². The number of rotatable bonds is 6. The third-order valence-electron chi connectivity index (χ3n) is 3.16. The number of nitrogens with two attached hydrogens (primary N) is 1. The second-order valence-electron chi connectivity index (χ2n) is 4.68. The predicted octanol–water partition coefficient (Wildman–Crippen LogP) is 1.51. The van der Waals surface area contributed by atoms with Crippen molar-refractivity contribution in [3.05, 3.63) is 22.7 Å². The van der Waals surface area contributed by atoms with Gasteiger partial charge in [0, 0.05) is 20.2 Å². The molecule has 3 N–H and O–H groups in total. The topological polar surface area (TPSA) is 82.8 Å². The van der Waals surface area contributed by atoms with Crippen molar-refractivity contribution in [1.29, 1.82) is 0 Å². The molecule has 1 heterocycles. The monoisotopic (exact) mass is 350 g/mol. The number of benzene rings is 1. The highest BCUT2D eigenvalue weighted by Gasteiger charge is 2.17. The number of halogens is 2. The number of fused-ring (bicyclic) bond motifs is 1. The van der Waals surface area contributed by atoms with E-state index in [9.17, 15) is 4.79 Å². The molecule has 0 saturated heterocycles. The summed E-state index contributed by atoms with van der Waals surface area (Å²) in [5.41, 5.74) is 6.33. The largest absolute Gasteiger partial charge is 0.486 e. The molecule has 1 atom stereocenters. The number of methoxy groups -OCH3 is 1. The lowest BCUT2D eigenvalue weighted by Crippen LogP contribution is -2.31. The number of nitrogens with one attached hydrogen (secondary N) is 1. The van der Waals surface area contributed by atoms with Gasteiger partial charge in [0.1, 0.15) is 13.2 Å². The van der Waals surface area contributed by atoms with Crippen LogP contribution >= 0.6 is 24.0 Å². The molecule has 0 saturated carbocycles. The Morgan fingerprint density at radius 2 is 2.18 bits per heavy atom. The average Bonchev–Trinajstić information content (AvgIpc) is 2.50. The Kier molecular flexibility index (Phi) is 7.75. The second-order valence-corrected chi connectivity index (χ2v) is 5.08. The van der Waals surface area contributed by atoms with E-state index < -0.39 is 0 Å². The Balaban J connectivity index is 0.00000242. The third kappa shape index (κ3) is 4.91. The van der Waals surface area contributed by atoms with Gasteiger partial charge in [0.05, 0.1) is 17.5 Å². The highest BCUT2D eigenvalue weighted by molar-refractivity contribution is 6.32. The zero-order valence-corrected chi connectivity index (χ0v) is 13.8.